The van der Waals surface area contributed by atoms with Crippen molar-refractivity contribution in [2.24, 2.45) is 45.3 Å². The second-order valence-corrected chi connectivity index (χ2v) is 31.6. The molecule has 6 saturated heterocycles. The molecule has 0 amide bonds. The van der Waals surface area contributed by atoms with E-state index in [2.05, 4.69) is 33.8 Å². The number of fused-ring (bicyclic) bond motifs is 5. The summed E-state index contributed by atoms with van der Waals surface area (Å²) in [5.74, 6) is -0.0925. The zero-order chi connectivity index (χ0) is 73.5. The van der Waals surface area contributed by atoms with Crippen LogP contribution in [0.4, 0.5) is 0 Å². The van der Waals surface area contributed by atoms with Gasteiger partial charge in [-0.1, -0.05) is 53.2 Å². The SMILES string of the molecule is C[C@H](CC[C@@H](O[C@@H]1O[C@H](CO)[C@@H](O)[C@H](O)[C@H]1O[C@@H]1O[C@H](CO[C@@H]2O[C@H](CO)[C@@H](O)[C@H](O)[C@H]2O)[C@@H](O)[C@H](O)[C@H]1O)C(C)(C)O)[C@H]1CC[C@@]2(C)[C@@H]3CC=C4[C@@H](CC[C@H](O[C@@H]5O[C@H](CO[C@@H]6O[C@H](CO[C@@H]7O[C@H](CO)[C@@H](O)[C@H](O)[C@H]7O)[C@@H](O)[C@H](O)[C@H]6O)[C@@H](O)[C@H](O)[C@H]5O)C4(C)C)[C@]3(C)[C@H](O)C[C@]12C. The Morgan fingerprint density at radius 3 is 1.29 bits per heavy atom. The molecule has 6 heterocycles. The number of hydrogen-bond donors (Lipinski definition) is 22. The summed E-state index contributed by atoms with van der Waals surface area (Å²) in [7, 11) is 0. The van der Waals surface area contributed by atoms with Crippen LogP contribution in [-0.4, -0.2) is 360 Å². The topological polar surface area (TPSA) is 556 Å². The van der Waals surface area contributed by atoms with E-state index < -0.39 is 264 Å². The van der Waals surface area contributed by atoms with E-state index in [9.17, 15) is 112 Å². The van der Waals surface area contributed by atoms with Crippen molar-refractivity contribution in [3.05, 3.63) is 11.6 Å². The standard InChI is InChI=1S/C66H112O34/c1-24(9-13-37(63(4,5)88)99-61-55(49(82)40(73)30(20-69)94-61)100-60-54(87)48(81)43(76)33(97-60)23-90-57-51(84)45(78)39(72)29(19-68)93-57)25-15-16-64(6)34-12-10-26-27(66(34,8)35(70)17-65(25,64)7)11-14-36(62(26,2)3)98-59-53(86)47(80)42(75)32(96-59)22-91-58-52(85)46(79)41(74)31(95-58)21-89-56-50(83)44(77)38(71)28(18-67)92-56/h10,24-25,27-61,67-88H,9,11-23H2,1-8H3/t24-,25-,27-,28-,29-,30-,31-,32-,33-,34+,35-,36+,37-,38-,39-,40-,41-,42-,43-,44+,45+,46+,47+,48+,49+,50-,51-,52-,53-,54-,55-,56-,57-,58-,59+,60+,61+,64+,65-,66+/m1/s1. The molecule has 580 valence electrons. The first kappa shape index (κ1) is 80.9. The van der Waals surface area contributed by atoms with Crippen molar-refractivity contribution < 1.29 is 169 Å². The largest absolute Gasteiger partial charge is 0.394 e. The van der Waals surface area contributed by atoms with Gasteiger partial charge in [0.25, 0.3) is 0 Å². The number of aliphatic hydroxyl groups is 22. The van der Waals surface area contributed by atoms with Crippen LogP contribution >= 0.6 is 0 Å². The maximum atomic E-state index is 12.9. The highest BCUT2D eigenvalue weighted by Crippen LogP contribution is 2.75. The Balaban J connectivity index is 0.773. The molecule has 4 aliphatic carbocycles. The van der Waals surface area contributed by atoms with Gasteiger partial charge in [0, 0.05) is 10.8 Å². The van der Waals surface area contributed by atoms with Gasteiger partial charge in [0.2, 0.25) is 0 Å². The van der Waals surface area contributed by atoms with E-state index >= 15 is 0 Å². The van der Waals surface area contributed by atoms with Gasteiger partial charge in [0.1, 0.15) is 146 Å². The van der Waals surface area contributed by atoms with Crippen LogP contribution < -0.4 is 0 Å². The van der Waals surface area contributed by atoms with Crippen molar-refractivity contribution in [3.63, 3.8) is 0 Å². The predicted octanol–water partition coefficient (Wildman–Crippen LogP) is -7.58. The number of rotatable bonds is 23. The van der Waals surface area contributed by atoms with Crippen molar-refractivity contribution in [1.29, 1.82) is 0 Å². The lowest BCUT2D eigenvalue weighted by Gasteiger charge is -2.67. The van der Waals surface area contributed by atoms with Crippen LogP contribution in [0.3, 0.4) is 0 Å². The molecule has 22 N–H and O–H groups in total. The van der Waals surface area contributed by atoms with E-state index in [-0.39, 0.29) is 35.5 Å². The van der Waals surface area contributed by atoms with E-state index in [0.29, 0.717) is 32.1 Å². The molecule has 10 rings (SSSR count). The van der Waals surface area contributed by atoms with Crippen LogP contribution in [0.5, 0.6) is 0 Å². The lowest BCUT2D eigenvalue weighted by Crippen LogP contribution is -2.65. The van der Waals surface area contributed by atoms with E-state index in [1.165, 1.54) is 13.8 Å². The third-order valence-electron chi connectivity index (χ3n) is 25.0. The minimum atomic E-state index is -2.02. The minimum absolute atomic E-state index is 0.00513. The molecule has 10 aliphatic rings. The second kappa shape index (κ2) is 31.5. The van der Waals surface area contributed by atoms with E-state index in [4.69, 9.17) is 56.8 Å². The zero-order valence-corrected chi connectivity index (χ0v) is 57.6. The molecular weight excluding hydrogens is 1340 g/mol. The van der Waals surface area contributed by atoms with Crippen LogP contribution in [0, 0.1) is 45.3 Å². The van der Waals surface area contributed by atoms with Gasteiger partial charge >= 0.3 is 0 Å². The quantitative estimate of drug-likeness (QED) is 0.0423. The fourth-order valence-corrected chi connectivity index (χ4v) is 18.4. The highest BCUT2D eigenvalue weighted by Gasteiger charge is 2.71. The molecule has 34 nitrogen and oxygen atoms in total. The smallest absolute Gasteiger partial charge is 0.187 e. The molecular formula is C66H112O34. The van der Waals surface area contributed by atoms with Crippen molar-refractivity contribution in [3.8, 4) is 0 Å². The van der Waals surface area contributed by atoms with Crippen molar-refractivity contribution in [1.82, 2.24) is 0 Å². The summed E-state index contributed by atoms with van der Waals surface area (Å²) in [4.78, 5) is 0. The molecule has 0 aromatic heterocycles. The molecule has 0 spiro atoms. The maximum absolute atomic E-state index is 12.9. The molecule has 0 bridgehead atoms. The number of ether oxygens (including phenoxy) is 12. The molecule has 40 atom stereocenters. The Morgan fingerprint density at radius 1 is 0.460 bits per heavy atom. The van der Waals surface area contributed by atoms with E-state index in [1.54, 1.807) is 0 Å². The van der Waals surface area contributed by atoms with Crippen LogP contribution in [0.25, 0.3) is 0 Å². The third kappa shape index (κ3) is 14.9. The van der Waals surface area contributed by atoms with Gasteiger partial charge in [-0.25, -0.2) is 0 Å². The number of allylic oxidation sites excluding steroid dienone is 1. The minimum Gasteiger partial charge on any atom is -0.394 e. The highest BCUT2D eigenvalue weighted by atomic mass is 16.8. The Morgan fingerprint density at radius 2 is 0.850 bits per heavy atom. The van der Waals surface area contributed by atoms with Crippen molar-refractivity contribution >= 4 is 0 Å². The molecule has 9 fully saturated rings. The number of aliphatic hydroxyl groups excluding tert-OH is 21. The van der Waals surface area contributed by atoms with Crippen molar-refractivity contribution in [2.75, 3.05) is 39.6 Å². The average Bonchev–Trinajstić information content (AvgIpc) is 1.29. The predicted molar refractivity (Wildman–Crippen MR) is 333 cm³/mol. The lowest BCUT2D eigenvalue weighted by atomic mass is 9.38. The molecule has 3 saturated carbocycles. The van der Waals surface area contributed by atoms with Gasteiger partial charge in [-0.2, -0.15) is 0 Å². The van der Waals surface area contributed by atoms with E-state index in [0.717, 1.165) is 18.4 Å². The highest BCUT2D eigenvalue weighted by molar-refractivity contribution is 5.32. The summed E-state index contributed by atoms with van der Waals surface area (Å²) in [6.45, 7) is 11.7. The van der Waals surface area contributed by atoms with Crippen molar-refractivity contribution in [2.45, 2.75) is 315 Å². The monoisotopic (exact) mass is 1450 g/mol. The average molecular weight is 1450 g/mol. The van der Waals surface area contributed by atoms with Crippen LogP contribution in [0.15, 0.2) is 11.6 Å². The maximum Gasteiger partial charge on any atom is 0.187 e. The molecule has 0 unspecified atom stereocenters. The summed E-state index contributed by atoms with van der Waals surface area (Å²) in [5, 5.41) is 238. The second-order valence-electron chi connectivity index (χ2n) is 31.6. The third-order valence-corrected chi connectivity index (χ3v) is 25.0. The van der Waals surface area contributed by atoms with Crippen LogP contribution in [0.1, 0.15) is 107 Å². The molecule has 0 aromatic rings. The first-order valence-electron chi connectivity index (χ1n) is 35.1. The van der Waals surface area contributed by atoms with Gasteiger partial charge in [0.05, 0.1) is 63.6 Å². The summed E-state index contributed by atoms with van der Waals surface area (Å²) in [6.07, 6.45) is -47.4. The van der Waals surface area contributed by atoms with Gasteiger partial charge in [0.15, 0.2) is 37.7 Å². The summed E-state index contributed by atoms with van der Waals surface area (Å²) >= 11 is 0. The summed E-state index contributed by atoms with van der Waals surface area (Å²) in [6, 6.07) is 0. The lowest BCUT2D eigenvalue weighted by molar-refractivity contribution is -0.379. The molecule has 6 aliphatic heterocycles. The summed E-state index contributed by atoms with van der Waals surface area (Å²) in [5.41, 5.74) is -2.63. The van der Waals surface area contributed by atoms with Gasteiger partial charge in [-0.15, -0.1) is 0 Å². The first-order valence-corrected chi connectivity index (χ1v) is 35.1. The van der Waals surface area contributed by atoms with E-state index in [1.807, 2.05) is 13.8 Å². The van der Waals surface area contributed by atoms with Gasteiger partial charge in [-0.3, -0.25) is 0 Å². The molecule has 0 aromatic carbocycles. The normalized spacial score (nSPS) is 52.1. The van der Waals surface area contributed by atoms with Crippen LogP contribution in [0.2, 0.25) is 0 Å². The zero-order valence-electron chi connectivity index (χ0n) is 57.6. The van der Waals surface area contributed by atoms with Crippen LogP contribution in [-0.2, 0) is 56.8 Å². The van der Waals surface area contributed by atoms with Gasteiger partial charge < -0.3 is 169 Å². The Labute approximate surface area is 579 Å². The Hall–Kier alpha value is -1.62. The molecule has 100 heavy (non-hydrogen) atoms. The molecule has 34 heteroatoms. The Kier molecular flexibility index (Phi) is 25.5. The fraction of sp³-hybridized carbons (Fsp3) is 0.970. The van der Waals surface area contributed by atoms with Gasteiger partial charge in [-0.05, 0) is 99.7 Å². The molecule has 0 radical (unpaired) electrons. The Bertz CT molecular complexity index is 2680. The summed E-state index contributed by atoms with van der Waals surface area (Å²) < 4.78 is 70.5. The number of hydrogen-bond acceptors (Lipinski definition) is 34. The fourth-order valence-electron chi connectivity index (χ4n) is 18.4. The first-order chi connectivity index (χ1) is 46.8.